The minimum atomic E-state index is -0.751. The van der Waals surface area contributed by atoms with E-state index in [1.165, 1.54) is 10.7 Å². The molecule has 0 fully saturated rings. The van der Waals surface area contributed by atoms with Gasteiger partial charge in [0.1, 0.15) is 0 Å². The summed E-state index contributed by atoms with van der Waals surface area (Å²) < 4.78 is 13.5. The second-order valence-electron chi connectivity index (χ2n) is 1.75. The van der Waals surface area contributed by atoms with Crippen molar-refractivity contribution in [2.24, 2.45) is 0 Å². The van der Waals surface area contributed by atoms with Crippen molar-refractivity contribution < 1.29 is 4.39 Å². The Balaban J connectivity index is 2.88. The van der Waals surface area contributed by atoms with Gasteiger partial charge in [0, 0.05) is 12.4 Å². The minimum absolute atomic E-state index is 0.278. The van der Waals surface area contributed by atoms with Crippen LogP contribution in [0.2, 0.25) is 0 Å². The summed E-state index contributed by atoms with van der Waals surface area (Å²) in [4.78, 5) is 7.14. The molecule has 10 heavy (non-hydrogen) atoms. The monoisotopic (exact) mass is 138 g/mol. The van der Waals surface area contributed by atoms with E-state index in [0.717, 1.165) is 0 Å². The number of aromatic nitrogens is 4. The van der Waals surface area contributed by atoms with Gasteiger partial charge in [0.05, 0.1) is 0 Å². The van der Waals surface area contributed by atoms with E-state index in [1.54, 1.807) is 12.3 Å². The highest BCUT2D eigenvalue weighted by atomic mass is 19.1. The first-order valence-electron chi connectivity index (χ1n) is 2.69. The number of hydrogen-bond donors (Lipinski definition) is 0. The summed E-state index contributed by atoms with van der Waals surface area (Å²) in [5.74, 6) is 0.278. The fourth-order valence-corrected chi connectivity index (χ4v) is 0.707. The first-order chi connectivity index (χ1) is 4.86. The van der Waals surface area contributed by atoms with Crippen molar-refractivity contribution in [1.29, 1.82) is 0 Å². The largest absolute Gasteiger partial charge is 0.329 e. The zero-order valence-corrected chi connectivity index (χ0v) is 4.90. The predicted molar refractivity (Wildman–Crippen MR) is 30.7 cm³/mol. The molecule has 2 heterocycles. The summed E-state index contributed by atoms with van der Waals surface area (Å²) in [5, 5.41) is 3.39. The molecular weight excluding hydrogens is 135 g/mol. The maximum Gasteiger partial charge on any atom is 0.329 e. The fraction of sp³-hybridized carbons (Fsp3) is 0. The summed E-state index contributed by atoms with van der Waals surface area (Å²) >= 11 is 0. The van der Waals surface area contributed by atoms with Gasteiger partial charge in [0.15, 0.2) is 0 Å². The molecule has 2 rings (SSSR count). The van der Waals surface area contributed by atoms with Crippen molar-refractivity contribution in [3.05, 3.63) is 24.5 Å². The molecule has 0 bridgehead atoms. The molecule has 2 aromatic heterocycles. The van der Waals surface area contributed by atoms with Gasteiger partial charge in [-0.05, 0) is 6.07 Å². The highest BCUT2D eigenvalue weighted by Gasteiger charge is 1.99. The van der Waals surface area contributed by atoms with Crippen LogP contribution >= 0.6 is 0 Å². The number of nitrogens with zero attached hydrogens (tertiary/aromatic N) is 4. The number of halogens is 1. The molecule has 0 atom stereocenters. The Morgan fingerprint density at radius 1 is 1.50 bits per heavy atom. The maximum absolute atomic E-state index is 12.2. The molecule has 0 aliphatic heterocycles. The van der Waals surface area contributed by atoms with Crippen LogP contribution in [0, 0.1) is 6.08 Å². The first kappa shape index (κ1) is 5.28. The van der Waals surface area contributed by atoms with Gasteiger partial charge in [-0.2, -0.15) is 9.37 Å². The lowest BCUT2D eigenvalue weighted by Crippen LogP contribution is -1.86. The molecule has 4 nitrogen and oxygen atoms in total. The van der Waals surface area contributed by atoms with Gasteiger partial charge in [0.2, 0.25) is 0 Å². The SMILES string of the molecule is Fc1nc2ncccn2n1. The zero-order chi connectivity index (χ0) is 6.97. The highest BCUT2D eigenvalue weighted by Crippen LogP contribution is 1.93. The van der Waals surface area contributed by atoms with Crippen LogP contribution in [0.15, 0.2) is 18.5 Å². The minimum Gasteiger partial charge on any atom is -0.220 e. The van der Waals surface area contributed by atoms with E-state index in [-0.39, 0.29) is 5.78 Å². The number of rotatable bonds is 0. The van der Waals surface area contributed by atoms with E-state index in [1.807, 2.05) is 0 Å². The lowest BCUT2D eigenvalue weighted by molar-refractivity contribution is 0.539. The van der Waals surface area contributed by atoms with Crippen molar-refractivity contribution >= 4 is 5.78 Å². The van der Waals surface area contributed by atoms with Crippen LogP contribution in [0.25, 0.3) is 5.78 Å². The molecule has 5 heteroatoms. The topological polar surface area (TPSA) is 43.1 Å². The van der Waals surface area contributed by atoms with Gasteiger partial charge in [-0.3, -0.25) is 0 Å². The Hall–Kier alpha value is -1.52. The molecule has 0 saturated carbocycles. The highest BCUT2D eigenvalue weighted by molar-refractivity contribution is 5.22. The predicted octanol–water partition coefficient (Wildman–Crippen LogP) is 0.263. The van der Waals surface area contributed by atoms with E-state index < -0.39 is 6.08 Å². The van der Waals surface area contributed by atoms with Gasteiger partial charge in [-0.25, -0.2) is 9.50 Å². The molecule has 50 valence electrons. The average molecular weight is 138 g/mol. The third-order valence-electron chi connectivity index (χ3n) is 1.09. The summed E-state index contributed by atoms with van der Waals surface area (Å²) in [6.07, 6.45) is 2.36. The molecule has 0 radical (unpaired) electrons. The van der Waals surface area contributed by atoms with E-state index in [4.69, 9.17) is 0 Å². The van der Waals surface area contributed by atoms with Gasteiger partial charge >= 0.3 is 6.08 Å². The van der Waals surface area contributed by atoms with Crippen LogP contribution in [0.3, 0.4) is 0 Å². The second-order valence-corrected chi connectivity index (χ2v) is 1.75. The molecule has 0 amide bonds. The first-order valence-corrected chi connectivity index (χ1v) is 2.69. The number of fused-ring (bicyclic) bond motifs is 1. The quantitative estimate of drug-likeness (QED) is 0.524. The Bertz CT molecular complexity index is 322. The van der Waals surface area contributed by atoms with Crippen LogP contribution in [-0.4, -0.2) is 19.6 Å². The van der Waals surface area contributed by atoms with Crippen LogP contribution in [0.5, 0.6) is 0 Å². The molecule has 0 N–H and O–H groups in total. The summed E-state index contributed by atoms with van der Waals surface area (Å²) in [6, 6.07) is 1.65. The maximum atomic E-state index is 12.2. The molecule has 0 aliphatic rings. The Labute approximate surface area is 55.3 Å². The second kappa shape index (κ2) is 1.73. The van der Waals surface area contributed by atoms with E-state index in [2.05, 4.69) is 15.1 Å². The molecule has 0 spiro atoms. The molecule has 0 aliphatic carbocycles. The summed E-state index contributed by atoms with van der Waals surface area (Å²) in [6.45, 7) is 0. The van der Waals surface area contributed by atoms with Crippen molar-refractivity contribution in [2.75, 3.05) is 0 Å². The smallest absolute Gasteiger partial charge is 0.220 e. The standard InChI is InChI=1S/C5H3FN4/c6-4-8-5-7-2-1-3-10(5)9-4/h1-3H. The third-order valence-corrected chi connectivity index (χ3v) is 1.09. The summed E-state index contributed by atoms with van der Waals surface area (Å²) in [7, 11) is 0. The lowest BCUT2D eigenvalue weighted by Gasteiger charge is -1.83. The zero-order valence-electron chi connectivity index (χ0n) is 4.90. The van der Waals surface area contributed by atoms with Crippen molar-refractivity contribution in [3.8, 4) is 0 Å². The average Bonchev–Trinajstić information content (AvgIpc) is 2.27. The van der Waals surface area contributed by atoms with Crippen LogP contribution in [0.1, 0.15) is 0 Å². The summed E-state index contributed by atoms with van der Waals surface area (Å²) in [5.41, 5.74) is 0. The molecule has 0 unspecified atom stereocenters. The third kappa shape index (κ3) is 0.637. The van der Waals surface area contributed by atoms with Gasteiger partial charge in [0.25, 0.3) is 5.78 Å². The van der Waals surface area contributed by atoms with E-state index in [0.29, 0.717) is 0 Å². The number of hydrogen-bond acceptors (Lipinski definition) is 3. The lowest BCUT2D eigenvalue weighted by atomic mass is 10.7. The molecular formula is C5H3FN4. The van der Waals surface area contributed by atoms with E-state index in [9.17, 15) is 4.39 Å². The van der Waals surface area contributed by atoms with Gasteiger partial charge in [-0.15, -0.1) is 5.10 Å². The molecule has 0 saturated heterocycles. The van der Waals surface area contributed by atoms with Crippen LogP contribution in [0.4, 0.5) is 4.39 Å². The van der Waals surface area contributed by atoms with E-state index >= 15 is 0 Å². The Morgan fingerprint density at radius 3 is 3.20 bits per heavy atom. The normalized spacial score (nSPS) is 10.5. The Kier molecular flexibility index (Phi) is 0.913. The van der Waals surface area contributed by atoms with Crippen LogP contribution < -0.4 is 0 Å². The van der Waals surface area contributed by atoms with Crippen molar-refractivity contribution in [3.63, 3.8) is 0 Å². The van der Waals surface area contributed by atoms with Crippen molar-refractivity contribution in [2.45, 2.75) is 0 Å². The Morgan fingerprint density at radius 2 is 2.40 bits per heavy atom. The molecule has 0 aromatic carbocycles. The van der Waals surface area contributed by atoms with Gasteiger partial charge < -0.3 is 0 Å². The van der Waals surface area contributed by atoms with Gasteiger partial charge in [-0.1, -0.05) is 0 Å². The van der Waals surface area contributed by atoms with Crippen LogP contribution in [-0.2, 0) is 0 Å². The van der Waals surface area contributed by atoms with Crippen molar-refractivity contribution in [1.82, 2.24) is 19.6 Å². The fourth-order valence-electron chi connectivity index (χ4n) is 0.707. The molecule has 2 aromatic rings.